The lowest BCUT2D eigenvalue weighted by atomic mass is 10.2. The molecule has 0 spiro atoms. The van der Waals surface area contributed by atoms with Crippen molar-refractivity contribution in [3.05, 3.63) is 54.1 Å². The maximum atomic E-state index is 12.6. The first-order chi connectivity index (χ1) is 10.0. The molecule has 0 unspecified atom stereocenters. The topological polar surface area (TPSA) is 99.2 Å². The number of nitrogens with two attached hydrogens (primary N) is 1. The van der Waals surface area contributed by atoms with E-state index in [0.717, 1.165) is 4.31 Å². The lowest BCUT2D eigenvalue weighted by Gasteiger charge is -2.20. The van der Waals surface area contributed by atoms with Crippen LogP contribution in [0.3, 0.4) is 0 Å². The highest BCUT2D eigenvalue weighted by Crippen LogP contribution is 2.25. The molecule has 0 radical (unpaired) electrons. The molecular formula is C14H14N4O2S. The predicted molar refractivity (Wildman–Crippen MR) is 81.0 cm³/mol. The molecule has 0 fully saturated rings. The Kier molecular flexibility index (Phi) is 4.12. The van der Waals surface area contributed by atoms with Gasteiger partial charge in [-0.1, -0.05) is 12.1 Å². The van der Waals surface area contributed by atoms with Crippen LogP contribution in [0.25, 0.3) is 0 Å². The Hall–Kier alpha value is -2.56. The summed E-state index contributed by atoms with van der Waals surface area (Å²) in [6.07, 6.45) is 0. The molecule has 2 rings (SSSR count). The number of hydrazine groups is 1. The largest absolute Gasteiger partial charge is 0.324 e. The number of nitrogen functional groups attached to an aromatic ring is 1. The van der Waals surface area contributed by atoms with Gasteiger partial charge in [0.15, 0.2) is 0 Å². The van der Waals surface area contributed by atoms with Gasteiger partial charge < -0.3 is 5.43 Å². The molecule has 108 valence electrons. The number of hydrogen-bond donors (Lipinski definition) is 2. The van der Waals surface area contributed by atoms with E-state index in [9.17, 15) is 8.42 Å². The summed E-state index contributed by atoms with van der Waals surface area (Å²) < 4.78 is 26.2. The second-order valence-electron chi connectivity index (χ2n) is 4.27. The van der Waals surface area contributed by atoms with Crippen LogP contribution in [-0.2, 0) is 10.0 Å². The van der Waals surface area contributed by atoms with E-state index in [4.69, 9.17) is 11.1 Å². The standard InChI is InChI=1S/C14H14N4O2S/c1-18(14-5-3-2-4-11(14)10-15)21(19,20)13-8-6-12(17-16)7-9-13/h2-9,17H,16H2,1H3. The molecule has 0 saturated carbocycles. The van der Waals surface area contributed by atoms with Crippen LogP contribution in [-0.4, -0.2) is 15.5 Å². The van der Waals surface area contributed by atoms with Crippen molar-refractivity contribution >= 4 is 21.4 Å². The summed E-state index contributed by atoms with van der Waals surface area (Å²) in [5, 5.41) is 9.08. The van der Waals surface area contributed by atoms with Gasteiger partial charge in [-0.05, 0) is 36.4 Å². The number of anilines is 2. The first-order valence-electron chi connectivity index (χ1n) is 6.05. The van der Waals surface area contributed by atoms with Crippen LogP contribution in [0.1, 0.15) is 5.56 Å². The fraction of sp³-hybridized carbons (Fsp3) is 0.0714. The first-order valence-corrected chi connectivity index (χ1v) is 7.49. The van der Waals surface area contributed by atoms with Crippen molar-refractivity contribution in [2.24, 2.45) is 5.84 Å². The van der Waals surface area contributed by atoms with Gasteiger partial charge in [0.1, 0.15) is 6.07 Å². The van der Waals surface area contributed by atoms with Gasteiger partial charge >= 0.3 is 0 Å². The van der Waals surface area contributed by atoms with Gasteiger partial charge in [-0.25, -0.2) is 8.42 Å². The normalized spacial score (nSPS) is 10.7. The van der Waals surface area contributed by atoms with E-state index in [-0.39, 0.29) is 4.90 Å². The van der Waals surface area contributed by atoms with Gasteiger partial charge in [0.25, 0.3) is 10.0 Å². The van der Waals surface area contributed by atoms with E-state index in [1.807, 2.05) is 6.07 Å². The smallest absolute Gasteiger partial charge is 0.264 e. The highest BCUT2D eigenvalue weighted by atomic mass is 32.2. The van der Waals surface area contributed by atoms with Crippen molar-refractivity contribution in [3.63, 3.8) is 0 Å². The number of sulfonamides is 1. The van der Waals surface area contributed by atoms with Crippen LogP contribution < -0.4 is 15.6 Å². The van der Waals surface area contributed by atoms with E-state index in [1.165, 1.54) is 19.2 Å². The van der Waals surface area contributed by atoms with Crippen molar-refractivity contribution in [3.8, 4) is 6.07 Å². The highest BCUT2D eigenvalue weighted by molar-refractivity contribution is 7.92. The fourth-order valence-corrected chi connectivity index (χ4v) is 3.07. The Balaban J connectivity index is 2.45. The Morgan fingerprint density at radius 2 is 1.76 bits per heavy atom. The minimum atomic E-state index is -3.74. The summed E-state index contributed by atoms with van der Waals surface area (Å²) in [6.45, 7) is 0. The van der Waals surface area contributed by atoms with Crippen LogP contribution >= 0.6 is 0 Å². The van der Waals surface area contributed by atoms with Crippen LogP contribution in [0.2, 0.25) is 0 Å². The number of nitrogens with one attached hydrogen (secondary N) is 1. The molecule has 2 aromatic carbocycles. The lowest BCUT2D eigenvalue weighted by Crippen LogP contribution is -2.27. The summed E-state index contributed by atoms with van der Waals surface area (Å²) >= 11 is 0. The van der Waals surface area contributed by atoms with Crippen molar-refractivity contribution in [2.75, 3.05) is 16.8 Å². The third-order valence-electron chi connectivity index (χ3n) is 3.04. The Morgan fingerprint density at radius 3 is 2.33 bits per heavy atom. The molecule has 7 heteroatoms. The summed E-state index contributed by atoms with van der Waals surface area (Å²) in [7, 11) is -2.32. The molecule has 0 heterocycles. The molecular weight excluding hydrogens is 288 g/mol. The van der Waals surface area contributed by atoms with Crippen molar-refractivity contribution in [1.29, 1.82) is 5.26 Å². The van der Waals surface area contributed by atoms with E-state index < -0.39 is 10.0 Å². The van der Waals surface area contributed by atoms with Crippen LogP contribution in [0.15, 0.2) is 53.4 Å². The van der Waals surface area contributed by atoms with Crippen molar-refractivity contribution in [1.82, 2.24) is 0 Å². The first kappa shape index (κ1) is 14.8. The second-order valence-corrected chi connectivity index (χ2v) is 6.24. The molecule has 3 N–H and O–H groups in total. The zero-order chi connectivity index (χ0) is 15.5. The monoisotopic (exact) mass is 302 g/mol. The number of benzene rings is 2. The second kappa shape index (κ2) is 5.83. The van der Waals surface area contributed by atoms with Gasteiger partial charge in [-0.2, -0.15) is 5.26 Å². The molecule has 0 bridgehead atoms. The van der Waals surface area contributed by atoms with E-state index >= 15 is 0 Å². The highest BCUT2D eigenvalue weighted by Gasteiger charge is 2.22. The number of nitriles is 1. The van der Waals surface area contributed by atoms with E-state index in [2.05, 4.69) is 5.43 Å². The summed E-state index contributed by atoms with van der Waals surface area (Å²) in [6, 6.07) is 14.6. The van der Waals surface area contributed by atoms with Gasteiger partial charge in [0.2, 0.25) is 0 Å². The zero-order valence-electron chi connectivity index (χ0n) is 11.3. The Labute approximate surface area is 123 Å². The fourth-order valence-electron chi connectivity index (χ4n) is 1.85. The van der Waals surface area contributed by atoms with E-state index in [1.54, 1.807) is 36.4 Å². The number of para-hydroxylation sites is 1. The summed E-state index contributed by atoms with van der Waals surface area (Å²) in [5.41, 5.74) is 3.67. The maximum absolute atomic E-state index is 12.6. The van der Waals surface area contributed by atoms with Crippen LogP contribution in [0.5, 0.6) is 0 Å². The molecule has 0 amide bonds. The molecule has 0 aliphatic rings. The van der Waals surface area contributed by atoms with Gasteiger partial charge in [-0.15, -0.1) is 0 Å². The van der Waals surface area contributed by atoms with Gasteiger partial charge in [0.05, 0.1) is 16.1 Å². The van der Waals surface area contributed by atoms with Crippen molar-refractivity contribution in [2.45, 2.75) is 4.90 Å². The molecule has 0 aliphatic heterocycles. The van der Waals surface area contributed by atoms with Gasteiger partial charge in [-0.3, -0.25) is 10.1 Å². The third kappa shape index (κ3) is 2.81. The summed E-state index contributed by atoms with van der Waals surface area (Å²) in [5.74, 6) is 5.25. The zero-order valence-corrected chi connectivity index (χ0v) is 12.1. The number of rotatable bonds is 4. The average Bonchev–Trinajstić information content (AvgIpc) is 2.54. The molecule has 0 atom stereocenters. The molecule has 0 saturated heterocycles. The SMILES string of the molecule is CN(c1ccccc1C#N)S(=O)(=O)c1ccc(NN)cc1. The lowest BCUT2D eigenvalue weighted by molar-refractivity contribution is 0.594. The number of hydrogen-bond acceptors (Lipinski definition) is 5. The third-order valence-corrected chi connectivity index (χ3v) is 4.83. The molecule has 21 heavy (non-hydrogen) atoms. The average molecular weight is 302 g/mol. The maximum Gasteiger partial charge on any atom is 0.264 e. The molecule has 6 nitrogen and oxygen atoms in total. The molecule has 0 aliphatic carbocycles. The summed E-state index contributed by atoms with van der Waals surface area (Å²) in [4.78, 5) is 0.122. The minimum Gasteiger partial charge on any atom is -0.324 e. The molecule has 0 aromatic heterocycles. The quantitative estimate of drug-likeness (QED) is 0.661. The Bertz CT molecular complexity index is 779. The van der Waals surface area contributed by atoms with Crippen LogP contribution in [0.4, 0.5) is 11.4 Å². The molecule has 2 aromatic rings. The number of nitrogens with zero attached hydrogens (tertiary/aromatic N) is 2. The van der Waals surface area contributed by atoms with Crippen molar-refractivity contribution < 1.29 is 8.42 Å². The van der Waals surface area contributed by atoms with E-state index in [0.29, 0.717) is 16.9 Å². The van der Waals surface area contributed by atoms with Crippen LogP contribution in [0, 0.1) is 11.3 Å². The minimum absolute atomic E-state index is 0.122. The predicted octanol–water partition coefficient (Wildman–Crippen LogP) is 1.67. The van der Waals surface area contributed by atoms with Gasteiger partial charge in [0, 0.05) is 12.7 Å². The Morgan fingerprint density at radius 1 is 1.14 bits per heavy atom.